The normalized spacial score (nSPS) is 24.9. The van der Waals surface area contributed by atoms with Crippen LogP contribution in [0.2, 0.25) is 0 Å². The predicted molar refractivity (Wildman–Crippen MR) is 59.4 cm³/mol. The summed E-state index contributed by atoms with van der Waals surface area (Å²) in [7, 11) is 1.88. The lowest BCUT2D eigenvalue weighted by molar-refractivity contribution is -0.139. The minimum absolute atomic E-state index is 0.0566. The smallest absolute Gasteiger partial charge is 0.321 e. The van der Waals surface area contributed by atoms with Crippen molar-refractivity contribution in [1.29, 1.82) is 0 Å². The summed E-state index contributed by atoms with van der Waals surface area (Å²) in [5, 5.41) is 16.5. The Morgan fingerprint density at radius 3 is 3.12 bits per heavy atom. The molecule has 0 saturated carbocycles. The molecule has 2 N–H and O–H groups in total. The van der Waals surface area contributed by atoms with E-state index in [0.717, 1.165) is 30.6 Å². The molecule has 88 valence electrons. The Hall–Kier alpha value is -1.36. The molecule has 5 nitrogen and oxygen atoms in total. The number of rotatable bonds is 3. The number of hydrogen-bond acceptors (Lipinski definition) is 3. The molecule has 0 bridgehead atoms. The Kier molecular flexibility index (Phi) is 2.96. The Morgan fingerprint density at radius 1 is 1.75 bits per heavy atom. The van der Waals surface area contributed by atoms with Gasteiger partial charge in [0.05, 0.1) is 5.69 Å². The van der Waals surface area contributed by atoms with Gasteiger partial charge in [-0.15, -0.1) is 0 Å². The quantitative estimate of drug-likeness (QED) is 0.783. The summed E-state index contributed by atoms with van der Waals surface area (Å²) in [6.45, 7) is 2.81. The highest BCUT2D eigenvalue weighted by atomic mass is 16.4. The van der Waals surface area contributed by atoms with Crippen molar-refractivity contribution in [3.05, 3.63) is 17.5 Å². The van der Waals surface area contributed by atoms with Gasteiger partial charge in [0.1, 0.15) is 6.04 Å². The molecule has 0 amide bonds. The third-order valence-electron chi connectivity index (χ3n) is 3.16. The van der Waals surface area contributed by atoms with Crippen LogP contribution < -0.4 is 5.32 Å². The first-order valence-corrected chi connectivity index (χ1v) is 5.62. The summed E-state index contributed by atoms with van der Waals surface area (Å²) in [5.41, 5.74) is 2.10. The van der Waals surface area contributed by atoms with E-state index < -0.39 is 12.0 Å². The first-order valence-electron chi connectivity index (χ1n) is 5.62. The van der Waals surface area contributed by atoms with E-state index in [1.807, 2.05) is 20.2 Å². The highest BCUT2D eigenvalue weighted by molar-refractivity contribution is 5.75. The molecule has 1 aliphatic rings. The molecule has 2 heterocycles. The van der Waals surface area contributed by atoms with E-state index in [4.69, 9.17) is 5.11 Å². The number of nitrogens with zero attached hydrogens (tertiary/aromatic N) is 2. The first kappa shape index (κ1) is 11.1. The van der Waals surface area contributed by atoms with Gasteiger partial charge in [-0.25, -0.2) is 0 Å². The minimum atomic E-state index is -0.770. The van der Waals surface area contributed by atoms with Crippen molar-refractivity contribution >= 4 is 5.97 Å². The number of aliphatic carboxylic acids is 1. The fourth-order valence-electron chi connectivity index (χ4n) is 2.44. The van der Waals surface area contributed by atoms with Crippen LogP contribution in [0, 0.1) is 0 Å². The Balaban J connectivity index is 2.31. The maximum Gasteiger partial charge on any atom is 0.321 e. The summed E-state index contributed by atoms with van der Waals surface area (Å²) in [6, 6.07) is -0.463. The predicted octanol–water partition coefficient (Wildman–Crippen LogP) is 0.513. The number of aryl methyl sites for hydroxylation is 2. The summed E-state index contributed by atoms with van der Waals surface area (Å²) in [6.07, 6.45) is 3.67. The largest absolute Gasteiger partial charge is 0.480 e. The summed E-state index contributed by atoms with van der Waals surface area (Å²) < 4.78 is 1.77. The lowest BCUT2D eigenvalue weighted by Crippen LogP contribution is -2.34. The van der Waals surface area contributed by atoms with Crippen molar-refractivity contribution < 1.29 is 9.90 Å². The molecule has 0 spiro atoms. The lowest BCUT2D eigenvalue weighted by Gasteiger charge is -2.14. The summed E-state index contributed by atoms with van der Waals surface area (Å²) in [4.78, 5) is 11.1. The molecule has 1 fully saturated rings. The lowest BCUT2D eigenvalue weighted by atomic mass is 9.92. The molecular formula is C11H17N3O2. The van der Waals surface area contributed by atoms with Crippen LogP contribution in [-0.2, 0) is 18.3 Å². The highest BCUT2D eigenvalue weighted by Crippen LogP contribution is 2.30. The maximum atomic E-state index is 11.1. The van der Waals surface area contributed by atoms with Crippen molar-refractivity contribution in [3.8, 4) is 0 Å². The van der Waals surface area contributed by atoms with Gasteiger partial charge in [0.25, 0.3) is 0 Å². The van der Waals surface area contributed by atoms with Crippen LogP contribution in [-0.4, -0.2) is 33.4 Å². The van der Waals surface area contributed by atoms with Gasteiger partial charge >= 0.3 is 5.97 Å². The molecule has 5 heteroatoms. The average Bonchev–Trinajstić information content (AvgIpc) is 2.82. The molecule has 1 aliphatic heterocycles. The number of carbonyl (C=O) groups is 1. The van der Waals surface area contributed by atoms with Crippen LogP contribution in [0.4, 0.5) is 0 Å². The zero-order chi connectivity index (χ0) is 11.7. The zero-order valence-corrected chi connectivity index (χ0v) is 9.60. The van der Waals surface area contributed by atoms with Crippen LogP contribution in [0.15, 0.2) is 6.20 Å². The van der Waals surface area contributed by atoms with Crippen LogP contribution in [0.1, 0.15) is 30.5 Å². The molecule has 0 radical (unpaired) electrons. The maximum absolute atomic E-state index is 11.1. The molecule has 1 saturated heterocycles. The Bertz CT molecular complexity index is 400. The number of carboxylic acids is 1. The minimum Gasteiger partial charge on any atom is -0.480 e. The number of aromatic nitrogens is 2. The van der Waals surface area contributed by atoms with Gasteiger partial charge in [0, 0.05) is 19.2 Å². The molecule has 2 unspecified atom stereocenters. The van der Waals surface area contributed by atoms with E-state index in [1.54, 1.807) is 4.68 Å². The fraction of sp³-hybridized carbons (Fsp3) is 0.636. The van der Waals surface area contributed by atoms with Gasteiger partial charge < -0.3 is 10.4 Å². The first-order chi connectivity index (χ1) is 7.63. The van der Waals surface area contributed by atoms with Gasteiger partial charge in [-0.2, -0.15) is 5.10 Å². The van der Waals surface area contributed by atoms with Gasteiger partial charge in [0.2, 0.25) is 0 Å². The van der Waals surface area contributed by atoms with Gasteiger partial charge in [-0.1, -0.05) is 6.92 Å². The Morgan fingerprint density at radius 2 is 2.50 bits per heavy atom. The van der Waals surface area contributed by atoms with Gasteiger partial charge in [-0.3, -0.25) is 9.48 Å². The van der Waals surface area contributed by atoms with Crippen molar-refractivity contribution in [2.45, 2.75) is 31.7 Å². The highest BCUT2D eigenvalue weighted by Gasteiger charge is 2.35. The standard InChI is InChI=1S/C11H17N3O2/c1-3-9-8(6-14(2)13-9)7-4-5-12-10(7)11(15)16/h6-7,10,12H,3-5H2,1-2H3,(H,15,16). The van der Waals surface area contributed by atoms with E-state index in [2.05, 4.69) is 10.4 Å². The van der Waals surface area contributed by atoms with Gasteiger partial charge in [-0.05, 0) is 24.9 Å². The van der Waals surface area contributed by atoms with Crippen LogP contribution in [0.3, 0.4) is 0 Å². The molecule has 2 rings (SSSR count). The van der Waals surface area contributed by atoms with E-state index in [1.165, 1.54) is 0 Å². The third kappa shape index (κ3) is 1.82. The van der Waals surface area contributed by atoms with Crippen LogP contribution in [0.25, 0.3) is 0 Å². The summed E-state index contributed by atoms with van der Waals surface area (Å²) in [5.74, 6) is -0.713. The topological polar surface area (TPSA) is 67.2 Å². The van der Waals surface area contributed by atoms with E-state index >= 15 is 0 Å². The molecule has 16 heavy (non-hydrogen) atoms. The molecular weight excluding hydrogens is 206 g/mol. The van der Waals surface area contributed by atoms with Crippen molar-refractivity contribution in [3.63, 3.8) is 0 Å². The molecule has 0 aromatic carbocycles. The van der Waals surface area contributed by atoms with E-state index in [9.17, 15) is 4.79 Å². The number of carboxylic acid groups (broad SMARTS) is 1. The molecule has 2 atom stereocenters. The molecule has 1 aromatic rings. The fourth-order valence-corrected chi connectivity index (χ4v) is 2.44. The van der Waals surface area contributed by atoms with Crippen molar-refractivity contribution in [2.24, 2.45) is 7.05 Å². The van der Waals surface area contributed by atoms with Crippen molar-refractivity contribution in [1.82, 2.24) is 15.1 Å². The monoisotopic (exact) mass is 223 g/mol. The Labute approximate surface area is 94.5 Å². The SMILES string of the molecule is CCc1nn(C)cc1C1CCNC1C(=O)O. The van der Waals surface area contributed by atoms with Crippen LogP contribution >= 0.6 is 0 Å². The van der Waals surface area contributed by atoms with Crippen molar-refractivity contribution in [2.75, 3.05) is 6.54 Å². The van der Waals surface area contributed by atoms with E-state index in [-0.39, 0.29) is 5.92 Å². The summed E-state index contributed by atoms with van der Waals surface area (Å²) >= 11 is 0. The number of nitrogens with one attached hydrogen (secondary N) is 1. The van der Waals surface area contributed by atoms with E-state index in [0.29, 0.717) is 0 Å². The average molecular weight is 223 g/mol. The van der Waals surface area contributed by atoms with Gasteiger partial charge in [0.15, 0.2) is 0 Å². The van der Waals surface area contributed by atoms with Crippen LogP contribution in [0.5, 0.6) is 0 Å². The molecule has 0 aliphatic carbocycles. The third-order valence-corrected chi connectivity index (χ3v) is 3.16. The number of hydrogen-bond donors (Lipinski definition) is 2. The second-order valence-corrected chi connectivity index (χ2v) is 4.22. The molecule has 1 aromatic heterocycles. The second-order valence-electron chi connectivity index (χ2n) is 4.22. The second kappa shape index (κ2) is 4.25. The zero-order valence-electron chi connectivity index (χ0n) is 9.60.